The molecule has 0 spiro atoms. The zero-order valence-corrected chi connectivity index (χ0v) is 11.7. The Balaban J connectivity index is 2.15. The van der Waals surface area contributed by atoms with Crippen molar-refractivity contribution in [1.82, 2.24) is 0 Å². The molecule has 0 radical (unpaired) electrons. The summed E-state index contributed by atoms with van der Waals surface area (Å²) >= 11 is 0. The zero-order valence-electron chi connectivity index (χ0n) is 11.7. The lowest BCUT2D eigenvalue weighted by atomic mass is 9.79. The lowest BCUT2D eigenvalue weighted by Gasteiger charge is -2.34. The Morgan fingerprint density at radius 1 is 1.37 bits per heavy atom. The van der Waals surface area contributed by atoms with E-state index in [1.807, 2.05) is 26.0 Å². The predicted molar refractivity (Wildman–Crippen MR) is 76.1 cm³/mol. The van der Waals surface area contributed by atoms with Crippen molar-refractivity contribution >= 4 is 11.6 Å². The van der Waals surface area contributed by atoms with Crippen LogP contribution in [0.3, 0.4) is 0 Å². The van der Waals surface area contributed by atoms with Crippen LogP contribution < -0.4 is 11.1 Å². The molecule has 4 heteroatoms. The minimum atomic E-state index is -0.477. The molecule has 1 aliphatic rings. The number of ether oxygens (including phenoxy) is 1. The molecule has 0 aromatic heterocycles. The van der Waals surface area contributed by atoms with Crippen molar-refractivity contribution in [3.63, 3.8) is 0 Å². The lowest BCUT2D eigenvalue weighted by Crippen LogP contribution is -2.46. The molecule has 3 N–H and O–H groups in total. The number of carbonyl (C=O) groups is 1. The van der Waals surface area contributed by atoms with E-state index in [4.69, 9.17) is 10.5 Å². The number of amides is 1. The first-order valence-electron chi connectivity index (χ1n) is 6.74. The van der Waals surface area contributed by atoms with Crippen molar-refractivity contribution < 1.29 is 9.53 Å². The number of hydrogen-bond donors (Lipinski definition) is 2. The van der Waals surface area contributed by atoms with Gasteiger partial charge in [-0.25, -0.2) is 0 Å². The van der Waals surface area contributed by atoms with Crippen molar-refractivity contribution in [2.24, 2.45) is 11.1 Å². The molecule has 0 bridgehead atoms. The van der Waals surface area contributed by atoms with E-state index < -0.39 is 5.41 Å². The first-order chi connectivity index (χ1) is 9.07. The maximum absolute atomic E-state index is 12.5. The Morgan fingerprint density at radius 2 is 2.05 bits per heavy atom. The third-order valence-electron chi connectivity index (χ3n) is 3.95. The SMILES string of the molecule is Cc1ccc(NC(=O)C2(CN)CCOCC2)c(C)c1. The number of anilines is 1. The van der Waals surface area contributed by atoms with Gasteiger partial charge in [0.05, 0.1) is 5.41 Å². The van der Waals surface area contributed by atoms with Crippen LogP contribution in [0.4, 0.5) is 5.69 Å². The van der Waals surface area contributed by atoms with E-state index in [-0.39, 0.29) is 5.91 Å². The van der Waals surface area contributed by atoms with Gasteiger partial charge < -0.3 is 15.8 Å². The van der Waals surface area contributed by atoms with Crippen LogP contribution >= 0.6 is 0 Å². The van der Waals surface area contributed by atoms with Gasteiger partial charge in [-0.2, -0.15) is 0 Å². The van der Waals surface area contributed by atoms with E-state index in [1.54, 1.807) is 0 Å². The number of nitrogens with one attached hydrogen (secondary N) is 1. The number of carbonyl (C=O) groups excluding carboxylic acids is 1. The Kier molecular flexibility index (Phi) is 4.22. The second-order valence-corrected chi connectivity index (χ2v) is 5.37. The summed E-state index contributed by atoms with van der Waals surface area (Å²) in [7, 11) is 0. The summed E-state index contributed by atoms with van der Waals surface area (Å²) in [5.74, 6) is 0.0188. The van der Waals surface area contributed by atoms with E-state index >= 15 is 0 Å². The summed E-state index contributed by atoms with van der Waals surface area (Å²) in [6.45, 7) is 5.63. The quantitative estimate of drug-likeness (QED) is 0.875. The van der Waals surface area contributed by atoms with E-state index in [2.05, 4.69) is 11.4 Å². The Labute approximate surface area is 114 Å². The number of rotatable bonds is 3. The molecule has 1 heterocycles. The van der Waals surface area contributed by atoms with Gasteiger partial charge in [-0.05, 0) is 38.3 Å². The van der Waals surface area contributed by atoms with Crippen LogP contribution in [-0.4, -0.2) is 25.7 Å². The second kappa shape index (κ2) is 5.72. The first kappa shape index (κ1) is 14.0. The van der Waals surface area contributed by atoms with Crippen LogP contribution in [0, 0.1) is 19.3 Å². The van der Waals surface area contributed by atoms with Gasteiger partial charge in [-0.15, -0.1) is 0 Å². The minimum absolute atomic E-state index is 0.0188. The second-order valence-electron chi connectivity index (χ2n) is 5.37. The van der Waals surface area contributed by atoms with E-state index in [0.29, 0.717) is 32.6 Å². The topological polar surface area (TPSA) is 64.4 Å². The summed E-state index contributed by atoms with van der Waals surface area (Å²) in [5.41, 5.74) is 8.50. The summed E-state index contributed by atoms with van der Waals surface area (Å²) in [6, 6.07) is 6.02. The monoisotopic (exact) mass is 262 g/mol. The summed E-state index contributed by atoms with van der Waals surface area (Å²) < 4.78 is 5.33. The molecule has 19 heavy (non-hydrogen) atoms. The average Bonchev–Trinajstić information content (AvgIpc) is 2.42. The molecule has 1 saturated heterocycles. The molecule has 2 rings (SSSR count). The Hall–Kier alpha value is -1.39. The fourth-order valence-electron chi connectivity index (χ4n) is 2.49. The van der Waals surface area contributed by atoms with Gasteiger partial charge >= 0.3 is 0 Å². The molecule has 1 fully saturated rings. The van der Waals surface area contributed by atoms with Crippen LogP contribution in [0.15, 0.2) is 18.2 Å². The molecular weight excluding hydrogens is 240 g/mol. The van der Waals surface area contributed by atoms with Crippen molar-refractivity contribution in [1.29, 1.82) is 0 Å². The number of hydrogen-bond acceptors (Lipinski definition) is 3. The molecule has 4 nitrogen and oxygen atoms in total. The Bertz CT molecular complexity index is 465. The van der Waals surface area contributed by atoms with Gasteiger partial charge in [0.15, 0.2) is 0 Å². The molecule has 0 aliphatic carbocycles. The predicted octanol–water partition coefficient (Wildman–Crippen LogP) is 2.00. The van der Waals surface area contributed by atoms with E-state index in [1.165, 1.54) is 5.56 Å². The van der Waals surface area contributed by atoms with Gasteiger partial charge in [0.1, 0.15) is 0 Å². The fraction of sp³-hybridized carbons (Fsp3) is 0.533. The van der Waals surface area contributed by atoms with Gasteiger partial charge in [-0.3, -0.25) is 4.79 Å². The van der Waals surface area contributed by atoms with Crippen molar-refractivity contribution in [2.75, 3.05) is 25.1 Å². The smallest absolute Gasteiger partial charge is 0.232 e. The van der Waals surface area contributed by atoms with E-state index in [9.17, 15) is 4.79 Å². The Morgan fingerprint density at radius 3 is 2.63 bits per heavy atom. The largest absolute Gasteiger partial charge is 0.381 e. The fourth-order valence-corrected chi connectivity index (χ4v) is 2.49. The molecule has 1 aliphatic heterocycles. The highest BCUT2D eigenvalue weighted by molar-refractivity contribution is 5.96. The van der Waals surface area contributed by atoms with Crippen molar-refractivity contribution in [2.45, 2.75) is 26.7 Å². The molecule has 0 unspecified atom stereocenters. The molecule has 0 atom stereocenters. The summed E-state index contributed by atoms with van der Waals surface area (Å²) in [5, 5.41) is 3.02. The highest BCUT2D eigenvalue weighted by atomic mass is 16.5. The van der Waals surface area contributed by atoms with Gasteiger partial charge in [0, 0.05) is 25.4 Å². The summed E-state index contributed by atoms with van der Waals surface area (Å²) in [4.78, 5) is 12.5. The molecule has 0 saturated carbocycles. The van der Waals surface area contributed by atoms with Crippen molar-refractivity contribution in [3.05, 3.63) is 29.3 Å². The van der Waals surface area contributed by atoms with Gasteiger partial charge in [0.25, 0.3) is 0 Å². The molecular formula is C15H22N2O2. The highest BCUT2D eigenvalue weighted by Gasteiger charge is 2.38. The minimum Gasteiger partial charge on any atom is -0.381 e. The first-order valence-corrected chi connectivity index (χ1v) is 6.74. The average molecular weight is 262 g/mol. The third kappa shape index (κ3) is 2.96. The molecule has 1 amide bonds. The maximum Gasteiger partial charge on any atom is 0.232 e. The molecule has 1 aromatic rings. The van der Waals surface area contributed by atoms with Crippen LogP contribution in [0.1, 0.15) is 24.0 Å². The zero-order chi connectivity index (χ0) is 13.9. The normalized spacial score (nSPS) is 18.1. The van der Waals surface area contributed by atoms with Gasteiger partial charge in [-0.1, -0.05) is 17.7 Å². The van der Waals surface area contributed by atoms with Gasteiger partial charge in [0.2, 0.25) is 5.91 Å². The summed E-state index contributed by atoms with van der Waals surface area (Å²) in [6.07, 6.45) is 1.39. The molecule has 104 valence electrons. The number of aryl methyl sites for hydroxylation is 2. The number of nitrogens with two attached hydrogens (primary N) is 1. The van der Waals surface area contributed by atoms with Crippen LogP contribution in [0.2, 0.25) is 0 Å². The van der Waals surface area contributed by atoms with Crippen molar-refractivity contribution in [3.8, 4) is 0 Å². The van der Waals surface area contributed by atoms with Crippen LogP contribution in [0.5, 0.6) is 0 Å². The number of benzene rings is 1. The highest BCUT2D eigenvalue weighted by Crippen LogP contribution is 2.31. The van der Waals surface area contributed by atoms with E-state index in [0.717, 1.165) is 11.3 Å². The van der Waals surface area contributed by atoms with Crippen LogP contribution in [0.25, 0.3) is 0 Å². The molecule has 1 aromatic carbocycles. The van der Waals surface area contributed by atoms with Crippen LogP contribution in [-0.2, 0) is 9.53 Å². The standard InChI is InChI=1S/C15H22N2O2/c1-11-3-4-13(12(2)9-11)17-14(18)15(10-16)5-7-19-8-6-15/h3-4,9H,5-8,10,16H2,1-2H3,(H,17,18). The lowest BCUT2D eigenvalue weighted by molar-refractivity contribution is -0.130. The maximum atomic E-state index is 12.5. The third-order valence-corrected chi connectivity index (χ3v) is 3.95.